The first-order valence-electron chi connectivity index (χ1n) is 12.2. The Balaban J connectivity index is 1.56. The van der Waals surface area contributed by atoms with E-state index in [1.54, 1.807) is 74.7 Å². The van der Waals surface area contributed by atoms with Crippen LogP contribution in [0.5, 0.6) is 17.2 Å². The number of carbonyl (C=O) groups excluding carboxylic acids is 2. The van der Waals surface area contributed by atoms with E-state index < -0.39 is 17.0 Å². The van der Waals surface area contributed by atoms with Crippen molar-refractivity contribution in [3.8, 4) is 17.2 Å². The molecule has 0 saturated carbocycles. The fourth-order valence-corrected chi connectivity index (χ4v) is 3.53. The monoisotopic (exact) mass is 537 g/mol. The fourth-order valence-electron chi connectivity index (χ4n) is 3.53. The number of hydrogen-bond donors (Lipinski definition) is 0. The quantitative estimate of drug-likeness (QED) is 0.174. The number of methoxy groups -OCH3 is 1. The molecule has 0 aromatic heterocycles. The highest BCUT2D eigenvalue weighted by Gasteiger charge is 2.21. The molecule has 0 radical (unpaired) electrons. The van der Waals surface area contributed by atoms with E-state index in [0.717, 1.165) is 11.3 Å². The molecule has 11 nitrogen and oxygen atoms in total. The van der Waals surface area contributed by atoms with Gasteiger partial charge in [0.05, 0.1) is 25.2 Å². The second kappa shape index (κ2) is 14.2. The number of ether oxygens (including phenoxy) is 4. The summed E-state index contributed by atoms with van der Waals surface area (Å²) >= 11 is 0. The van der Waals surface area contributed by atoms with Gasteiger partial charge in [0.25, 0.3) is 5.69 Å². The standard InChI is InChI=1S/C28H31N3O8/c1-4-37-27(32)20-30(28(33)39-26-15-13-24(36-3)14-16-26)19-21-5-11-25(12-6-21)38-18-17-29(2)22-7-9-23(10-8-22)31(34)35/h5-16H,4,17-20H2,1-3H3. The van der Waals surface area contributed by atoms with Gasteiger partial charge in [0.15, 0.2) is 0 Å². The molecule has 0 heterocycles. The molecule has 0 aliphatic rings. The van der Waals surface area contributed by atoms with Gasteiger partial charge < -0.3 is 23.8 Å². The van der Waals surface area contributed by atoms with Crippen LogP contribution >= 0.6 is 0 Å². The van der Waals surface area contributed by atoms with Crippen LogP contribution in [0.2, 0.25) is 0 Å². The molecule has 0 bridgehead atoms. The highest BCUT2D eigenvalue weighted by atomic mass is 16.6. The molecule has 206 valence electrons. The van der Waals surface area contributed by atoms with Crippen LogP contribution in [0, 0.1) is 10.1 Å². The number of nitro groups is 1. The Hall–Kier alpha value is -4.80. The van der Waals surface area contributed by atoms with Crippen molar-refractivity contribution in [2.24, 2.45) is 0 Å². The number of esters is 1. The minimum atomic E-state index is -0.692. The minimum absolute atomic E-state index is 0.0401. The third kappa shape index (κ3) is 8.92. The van der Waals surface area contributed by atoms with Gasteiger partial charge in [0.2, 0.25) is 0 Å². The molecule has 0 N–H and O–H groups in total. The zero-order chi connectivity index (χ0) is 28.2. The Labute approximate surface area is 226 Å². The lowest BCUT2D eigenvalue weighted by atomic mass is 10.2. The number of likely N-dealkylation sites (N-methyl/N-ethyl adjacent to an activating group) is 1. The average Bonchev–Trinajstić information content (AvgIpc) is 2.94. The van der Waals surface area contributed by atoms with Crippen molar-refractivity contribution in [1.29, 1.82) is 0 Å². The van der Waals surface area contributed by atoms with Gasteiger partial charge in [-0.25, -0.2) is 4.79 Å². The van der Waals surface area contributed by atoms with E-state index in [9.17, 15) is 19.7 Å². The molecule has 0 unspecified atom stereocenters. The molecule has 3 aromatic rings. The second-order valence-corrected chi connectivity index (χ2v) is 8.39. The predicted molar refractivity (Wildman–Crippen MR) is 144 cm³/mol. The summed E-state index contributed by atoms with van der Waals surface area (Å²) in [7, 11) is 3.41. The Morgan fingerprint density at radius 3 is 2.10 bits per heavy atom. The highest BCUT2D eigenvalue weighted by molar-refractivity contribution is 5.79. The van der Waals surface area contributed by atoms with Crippen LogP contribution in [-0.2, 0) is 16.1 Å². The van der Waals surface area contributed by atoms with Crippen molar-refractivity contribution in [2.45, 2.75) is 13.5 Å². The Kier molecular flexibility index (Phi) is 10.5. The summed E-state index contributed by atoms with van der Waals surface area (Å²) in [6, 6.07) is 20.0. The van der Waals surface area contributed by atoms with E-state index in [1.165, 1.54) is 17.0 Å². The molecule has 0 spiro atoms. The van der Waals surface area contributed by atoms with E-state index in [1.807, 2.05) is 11.9 Å². The van der Waals surface area contributed by atoms with Crippen LogP contribution in [0.1, 0.15) is 12.5 Å². The molecule has 3 rings (SSSR count). The maximum absolute atomic E-state index is 12.9. The molecule has 0 aliphatic carbocycles. The Morgan fingerprint density at radius 1 is 0.897 bits per heavy atom. The van der Waals surface area contributed by atoms with Crippen LogP contribution in [0.3, 0.4) is 0 Å². The number of benzene rings is 3. The van der Waals surface area contributed by atoms with E-state index in [4.69, 9.17) is 18.9 Å². The number of carbonyl (C=O) groups is 2. The van der Waals surface area contributed by atoms with Crippen LogP contribution in [-0.4, -0.2) is 62.3 Å². The minimum Gasteiger partial charge on any atom is -0.497 e. The van der Waals surface area contributed by atoms with Crippen LogP contribution < -0.4 is 19.1 Å². The lowest BCUT2D eigenvalue weighted by Crippen LogP contribution is -2.38. The fraction of sp³-hybridized carbons (Fsp3) is 0.286. The van der Waals surface area contributed by atoms with Gasteiger partial charge in [0.1, 0.15) is 30.4 Å². The molecule has 39 heavy (non-hydrogen) atoms. The van der Waals surface area contributed by atoms with Crippen molar-refractivity contribution >= 4 is 23.4 Å². The van der Waals surface area contributed by atoms with Gasteiger partial charge >= 0.3 is 12.1 Å². The van der Waals surface area contributed by atoms with Crippen LogP contribution in [0.4, 0.5) is 16.2 Å². The van der Waals surface area contributed by atoms with E-state index in [0.29, 0.717) is 30.4 Å². The summed E-state index contributed by atoms with van der Waals surface area (Å²) in [5, 5.41) is 10.8. The average molecular weight is 538 g/mol. The van der Waals surface area contributed by atoms with Gasteiger partial charge in [-0.15, -0.1) is 0 Å². The third-order valence-electron chi connectivity index (χ3n) is 5.64. The van der Waals surface area contributed by atoms with E-state index in [2.05, 4.69) is 0 Å². The molecule has 0 fully saturated rings. The first-order chi connectivity index (χ1) is 18.8. The molecule has 0 atom stereocenters. The van der Waals surface area contributed by atoms with Crippen molar-refractivity contribution < 1.29 is 33.5 Å². The van der Waals surface area contributed by atoms with Crippen molar-refractivity contribution in [3.63, 3.8) is 0 Å². The summed E-state index contributed by atoms with van der Waals surface area (Å²) in [6.45, 7) is 2.69. The highest BCUT2D eigenvalue weighted by Crippen LogP contribution is 2.20. The lowest BCUT2D eigenvalue weighted by Gasteiger charge is -2.21. The smallest absolute Gasteiger partial charge is 0.416 e. The Morgan fingerprint density at radius 2 is 1.51 bits per heavy atom. The number of amides is 1. The van der Waals surface area contributed by atoms with Crippen molar-refractivity contribution in [2.75, 3.05) is 45.4 Å². The molecule has 0 saturated heterocycles. The predicted octanol–water partition coefficient (Wildman–Crippen LogP) is 4.68. The number of nitrogens with zero attached hydrogens (tertiary/aromatic N) is 3. The number of rotatable bonds is 13. The van der Waals surface area contributed by atoms with Crippen LogP contribution in [0.15, 0.2) is 72.8 Å². The first kappa shape index (κ1) is 28.8. The summed E-state index contributed by atoms with van der Waals surface area (Å²) < 4.78 is 21.4. The van der Waals surface area contributed by atoms with E-state index in [-0.39, 0.29) is 25.4 Å². The van der Waals surface area contributed by atoms with Gasteiger partial charge in [0, 0.05) is 31.4 Å². The molecular formula is C28H31N3O8. The topological polar surface area (TPSA) is 121 Å². The number of hydrogen-bond acceptors (Lipinski definition) is 9. The third-order valence-corrected chi connectivity index (χ3v) is 5.64. The van der Waals surface area contributed by atoms with Gasteiger partial charge in [-0.1, -0.05) is 12.1 Å². The molecule has 3 aromatic carbocycles. The molecular weight excluding hydrogens is 506 g/mol. The SMILES string of the molecule is CCOC(=O)CN(Cc1ccc(OCCN(C)c2ccc([N+](=O)[O-])cc2)cc1)C(=O)Oc1ccc(OC)cc1. The molecule has 1 amide bonds. The van der Waals surface area contributed by atoms with Gasteiger partial charge in [-0.05, 0) is 61.0 Å². The summed E-state index contributed by atoms with van der Waals surface area (Å²) in [5.41, 5.74) is 1.64. The zero-order valence-electron chi connectivity index (χ0n) is 22.1. The largest absolute Gasteiger partial charge is 0.497 e. The maximum atomic E-state index is 12.9. The molecule has 0 aliphatic heterocycles. The van der Waals surface area contributed by atoms with E-state index >= 15 is 0 Å². The first-order valence-corrected chi connectivity index (χ1v) is 12.2. The lowest BCUT2D eigenvalue weighted by molar-refractivity contribution is -0.384. The normalized spacial score (nSPS) is 10.3. The number of non-ortho nitro benzene ring substituents is 1. The zero-order valence-corrected chi connectivity index (χ0v) is 22.1. The van der Waals surface area contributed by atoms with Crippen molar-refractivity contribution in [3.05, 3.63) is 88.5 Å². The van der Waals surface area contributed by atoms with Gasteiger partial charge in [-0.2, -0.15) is 0 Å². The summed E-state index contributed by atoms with van der Waals surface area (Å²) in [6.07, 6.45) is -0.692. The van der Waals surface area contributed by atoms with Gasteiger partial charge in [-0.3, -0.25) is 19.8 Å². The maximum Gasteiger partial charge on any atom is 0.416 e. The second-order valence-electron chi connectivity index (χ2n) is 8.39. The van der Waals surface area contributed by atoms with Crippen molar-refractivity contribution in [1.82, 2.24) is 4.90 Å². The van der Waals surface area contributed by atoms with Crippen LogP contribution in [0.25, 0.3) is 0 Å². The summed E-state index contributed by atoms with van der Waals surface area (Å²) in [5.74, 6) is 1.03. The summed E-state index contributed by atoms with van der Waals surface area (Å²) in [4.78, 5) is 38.5. The number of anilines is 1. The molecule has 11 heteroatoms. The number of nitro benzene ring substituents is 1. The Bertz CT molecular complexity index is 1230.